The number of hydrogen-bond acceptors (Lipinski definition) is 2. The fourth-order valence-electron chi connectivity index (χ4n) is 7.83. The van der Waals surface area contributed by atoms with E-state index in [0.717, 1.165) is 50.0 Å². The van der Waals surface area contributed by atoms with Crippen molar-refractivity contribution in [3.8, 4) is 33.4 Å². The number of anilines is 3. The van der Waals surface area contributed by atoms with E-state index in [1.807, 2.05) is 0 Å². The summed E-state index contributed by atoms with van der Waals surface area (Å²) in [5.41, 5.74) is 12.3. The Balaban J connectivity index is 1.09. The number of rotatable bonds is 6. The molecule has 1 aromatic heterocycles. The molecule has 244 valence electrons. The number of furan rings is 1. The smallest absolute Gasteiger partial charge is 0.143 e. The molecule has 0 unspecified atom stereocenters. The molecule has 1 heterocycles. The first-order chi connectivity index (χ1) is 25.8. The van der Waals surface area contributed by atoms with Crippen molar-refractivity contribution >= 4 is 60.5 Å². The molecule has 0 saturated heterocycles. The van der Waals surface area contributed by atoms with E-state index in [4.69, 9.17) is 4.42 Å². The van der Waals surface area contributed by atoms with E-state index < -0.39 is 0 Å². The summed E-state index contributed by atoms with van der Waals surface area (Å²) in [6, 6.07) is 71.5. The van der Waals surface area contributed by atoms with E-state index in [-0.39, 0.29) is 0 Å². The number of nitrogens with zero attached hydrogens (tertiary/aromatic N) is 1. The SMILES string of the molecule is c1ccc(-c2cccc3oc4c5ccccc5c(-c5ccc(N(c6ccccc6)c6ccc(-c7cccc8ccccc78)cc6)cc5)cc4c23)cc1. The predicted octanol–water partition coefficient (Wildman–Crippen LogP) is 14.4. The minimum atomic E-state index is 0.902. The quantitative estimate of drug-likeness (QED) is 0.176. The van der Waals surface area contributed by atoms with Gasteiger partial charge < -0.3 is 9.32 Å². The van der Waals surface area contributed by atoms with Crippen molar-refractivity contribution < 1.29 is 4.42 Å². The Labute approximate surface area is 302 Å². The largest absolute Gasteiger partial charge is 0.455 e. The first-order valence-corrected chi connectivity index (χ1v) is 17.8. The standard InChI is InChI=1S/C50H33NO/c1-3-13-35(14-4-1)43-23-12-24-48-49(43)47-33-46(44-20-9-10-21-45(44)50(47)52-48)37-27-31-40(32-28-37)51(38-17-5-2-6-18-38)39-29-25-36(26-30-39)42-22-11-16-34-15-7-8-19-41(34)42/h1-33H. The average molecular weight is 664 g/mol. The molecular weight excluding hydrogens is 631 g/mol. The molecule has 0 fully saturated rings. The summed E-state index contributed by atoms with van der Waals surface area (Å²) in [6.45, 7) is 0. The second kappa shape index (κ2) is 12.5. The van der Waals surface area contributed by atoms with Gasteiger partial charge in [-0.1, -0.05) is 152 Å². The molecule has 0 atom stereocenters. The minimum Gasteiger partial charge on any atom is -0.455 e. The lowest BCUT2D eigenvalue weighted by Crippen LogP contribution is -2.09. The van der Waals surface area contributed by atoms with Gasteiger partial charge in [0.2, 0.25) is 0 Å². The van der Waals surface area contributed by atoms with Crippen LogP contribution in [0.4, 0.5) is 17.1 Å². The summed E-state index contributed by atoms with van der Waals surface area (Å²) in [4.78, 5) is 2.33. The first-order valence-electron chi connectivity index (χ1n) is 17.8. The van der Waals surface area contributed by atoms with Crippen LogP contribution in [0.2, 0.25) is 0 Å². The summed E-state index contributed by atoms with van der Waals surface area (Å²) in [5, 5.41) is 7.08. The molecule has 0 amide bonds. The van der Waals surface area contributed by atoms with Gasteiger partial charge in [0.15, 0.2) is 0 Å². The van der Waals surface area contributed by atoms with E-state index >= 15 is 0 Å². The molecule has 2 heteroatoms. The Morgan fingerprint density at radius 3 is 1.58 bits per heavy atom. The van der Waals surface area contributed by atoms with Crippen molar-refractivity contribution in [1.29, 1.82) is 0 Å². The molecule has 0 bridgehead atoms. The maximum absolute atomic E-state index is 6.62. The summed E-state index contributed by atoms with van der Waals surface area (Å²) in [6.07, 6.45) is 0. The molecule has 10 aromatic rings. The van der Waals surface area contributed by atoms with E-state index in [2.05, 4.69) is 205 Å². The van der Waals surface area contributed by atoms with Crippen molar-refractivity contribution in [2.75, 3.05) is 4.90 Å². The van der Waals surface area contributed by atoms with Crippen LogP contribution in [0.3, 0.4) is 0 Å². The Morgan fingerprint density at radius 1 is 0.327 bits per heavy atom. The van der Waals surface area contributed by atoms with Crippen molar-refractivity contribution in [3.63, 3.8) is 0 Å². The molecule has 0 aliphatic heterocycles. The van der Waals surface area contributed by atoms with Crippen LogP contribution in [0, 0.1) is 0 Å². The lowest BCUT2D eigenvalue weighted by molar-refractivity contribution is 0.673. The molecule has 9 aromatic carbocycles. The Bertz CT molecular complexity index is 2870. The number of fused-ring (bicyclic) bond motifs is 6. The van der Waals surface area contributed by atoms with Gasteiger partial charge in [0.25, 0.3) is 0 Å². The predicted molar refractivity (Wildman–Crippen MR) is 220 cm³/mol. The number of hydrogen-bond donors (Lipinski definition) is 0. The van der Waals surface area contributed by atoms with Gasteiger partial charge in [0.1, 0.15) is 11.2 Å². The molecule has 0 spiro atoms. The lowest BCUT2D eigenvalue weighted by atomic mass is 9.93. The van der Waals surface area contributed by atoms with Crippen LogP contribution in [0.25, 0.3) is 76.9 Å². The van der Waals surface area contributed by atoms with Crippen LogP contribution in [-0.4, -0.2) is 0 Å². The van der Waals surface area contributed by atoms with Gasteiger partial charge >= 0.3 is 0 Å². The van der Waals surface area contributed by atoms with Gasteiger partial charge in [-0.15, -0.1) is 0 Å². The van der Waals surface area contributed by atoms with E-state index in [0.29, 0.717) is 0 Å². The molecule has 0 saturated carbocycles. The third-order valence-corrected chi connectivity index (χ3v) is 10.3. The van der Waals surface area contributed by atoms with E-state index in [1.54, 1.807) is 0 Å². The zero-order chi connectivity index (χ0) is 34.4. The lowest BCUT2D eigenvalue weighted by Gasteiger charge is -2.26. The second-order valence-electron chi connectivity index (χ2n) is 13.3. The molecule has 10 rings (SSSR count). The fraction of sp³-hybridized carbons (Fsp3) is 0. The van der Waals surface area contributed by atoms with Crippen molar-refractivity contribution in [1.82, 2.24) is 0 Å². The average Bonchev–Trinajstić information content (AvgIpc) is 3.61. The van der Waals surface area contributed by atoms with Crippen LogP contribution in [-0.2, 0) is 0 Å². The topological polar surface area (TPSA) is 16.4 Å². The highest BCUT2D eigenvalue weighted by Crippen LogP contribution is 2.44. The van der Waals surface area contributed by atoms with Crippen molar-refractivity contribution in [2.24, 2.45) is 0 Å². The van der Waals surface area contributed by atoms with Crippen LogP contribution >= 0.6 is 0 Å². The summed E-state index contributed by atoms with van der Waals surface area (Å²) < 4.78 is 6.62. The van der Waals surface area contributed by atoms with E-state index in [9.17, 15) is 0 Å². The second-order valence-corrected chi connectivity index (χ2v) is 13.3. The minimum absolute atomic E-state index is 0.902. The highest BCUT2D eigenvalue weighted by Gasteiger charge is 2.19. The Kier molecular flexibility index (Phi) is 7.18. The molecule has 0 N–H and O–H groups in total. The normalized spacial score (nSPS) is 11.5. The highest BCUT2D eigenvalue weighted by molar-refractivity contribution is 6.22. The van der Waals surface area contributed by atoms with Gasteiger partial charge in [-0.25, -0.2) is 0 Å². The first kappa shape index (κ1) is 30.0. The Morgan fingerprint density at radius 2 is 0.846 bits per heavy atom. The highest BCUT2D eigenvalue weighted by atomic mass is 16.3. The molecule has 2 nitrogen and oxygen atoms in total. The Hall–Kier alpha value is -6.90. The van der Waals surface area contributed by atoms with Crippen molar-refractivity contribution in [3.05, 3.63) is 200 Å². The molecule has 0 radical (unpaired) electrons. The van der Waals surface area contributed by atoms with Crippen LogP contribution in [0.1, 0.15) is 0 Å². The van der Waals surface area contributed by atoms with Crippen LogP contribution in [0.15, 0.2) is 205 Å². The maximum Gasteiger partial charge on any atom is 0.143 e. The zero-order valence-corrected chi connectivity index (χ0v) is 28.4. The van der Waals surface area contributed by atoms with Gasteiger partial charge in [0.05, 0.1) is 0 Å². The van der Waals surface area contributed by atoms with Gasteiger partial charge in [-0.2, -0.15) is 0 Å². The van der Waals surface area contributed by atoms with Crippen LogP contribution < -0.4 is 4.90 Å². The molecule has 52 heavy (non-hydrogen) atoms. The van der Waals surface area contributed by atoms with Gasteiger partial charge in [-0.05, 0) is 98.1 Å². The fourth-order valence-corrected chi connectivity index (χ4v) is 7.83. The van der Waals surface area contributed by atoms with Crippen LogP contribution in [0.5, 0.6) is 0 Å². The third kappa shape index (κ3) is 5.04. The monoisotopic (exact) mass is 663 g/mol. The number of para-hydroxylation sites is 1. The molecular formula is C50H33NO. The maximum atomic E-state index is 6.62. The number of benzene rings is 9. The summed E-state index contributed by atoms with van der Waals surface area (Å²) in [7, 11) is 0. The zero-order valence-electron chi connectivity index (χ0n) is 28.4. The van der Waals surface area contributed by atoms with Gasteiger partial charge in [-0.3, -0.25) is 0 Å². The summed E-state index contributed by atoms with van der Waals surface area (Å²) in [5.74, 6) is 0. The molecule has 0 aliphatic carbocycles. The van der Waals surface area contributed by atoms with Gasteiger partial charge in [0, 0.05) is 33.2 Å². The third-order valence-electron chi connectivity index (χ3n) is 10.3. The van der Waals surface area contributed by atoms with Crippen molar-refractivity contribution in [2.45, 2.75) is 0 Å². The molecule has 0 aliphatic rings. The van der Waals surface area contributed by atoms with E-state index in [1.165, 1.54) is 44.0 Å². The summed E-state index contributed by atoms with van der Waals surface area (Å²) >= 11 is 0.